The first-order chi connectivity index (χ1) is 13.9. The molecule has 4 aromatic heterocycles. The molecule has 0 spiro atoms. The van der Waals surface area contributed by atoms with Crippen LogP contribution in [-0.4, -0.2) is 36.4 Å². The molecule has 8 heteroatoms. The van der Waals surface area contributed by atoms with E-state index in [1.807, 2.05) is 10.8 Å². The largest absolute Gasteiger partial charge is 0.485 e. The summed E-state index contributed by atoms with van der Waals surface area (Å²) in [6.45, 7) is 2.37. The van der Waals surface area contributed by atoms with Gasteiger partial charge in [0.25, 0.3) is 0 Å². The van der Waals surface area contributed by atoms with Gasteiger partial charge in [-0.2, -0.15) is 0 Å². The minimum absolute atomic E-state index is 0.585. The lowest BCUT2D eigenvalue weighted by Gasteiger charge is -2.15. The van der Waals surface area contributed by atoms with Gasteiger partial charge in [0, 0.05) is 10.8 Å². The van der Waals surface area contributed by atoms with E-state index < -0.39 is 0 Å². The molecule has 0 unspecified atom stereocenters. The number of ether oxygens (including phenoxy) is 4. The first-order valence-corrected chi connectivity index (χ1v) is 10.8. The molecule has 0 aromatic carbocycles. The van der Waals surface area contributed by atoms with Gasteiger partial charge >= 0.3 is 0 Å². The fourth-order valence-electron chi connectivity index (χ4n) is 3.47. The molecule has 0 radical (unpaired) electrons. The third-order valence-electron chi connectivity index (χ3n) is 4.75. The molecule has 0 amide bonds. The van der Waals surface area contributed by atoms with Crippen LogP contribution in [0.2, 0.25) is 0 Å². The van der Waals surface area contributed by atoms with Crippen molar-refractivity contribution in [3.05, 3.63) is 35.0 Å². The van der Waals surface area contributed by atoms with E-state index >= 15 is 0 Å². The standard InChI is InChI=1S/C20H16N2O4S2/c1-3-13(19-17-15(9-27-19)23-5-7-25-17)21-11(1)12-2-4-14(22-12)20-18-16(10-28-20)24-6-8-26-18/h1-4,9-10,21-22H,5-8H2. The third kappa shape index (κ3) is 2.52. The summed E-state index contributed by atoms with van der Waals surface area (Å²) in [5, 5.41) is 4.00. The van der Waals surface area contributed by atoms with Gasteiger partial charge in [-0.1, -0.05) is 0 Å². The summed E-state index contributed by atoms with van der Waals surface area (Å²) in [4.78, 5) is 9.11. The highest BCUT2D eigenvalue weighted by Crippen LogP contribution is 2.47. The first-order valence-electron chi connectivity index (χ1n) is 9.00. The van der Waals surface area contributed by atoms with Crippen molar-refractivity contribution in [2.24, 2.45) is 0 Å². The van der Waals surface area contributed by atoms with Crippen LogP contribution in [0.5, 0.6) is 23.0 Å². The molecule has 0 saturated carbocycles. The van der Waals surface area contributed by atoms with Crippen molar-refractivity contribution in [3.63, 3.8) is 0 Å². The Morgan fingerprint density at radius 3 is 1.50 bits per heavy atom. The van der Waals surface area contributed by atoms with Gasteiger partial charge in [-0.3, -0.25) is 0 Å². The number of rotatable bonds is 3. The van der Waals surface area contributed by atoms with Gasteiger partial charge in [0.1, 0.15) is 26.4 Å². The Morgan fingerprint density at radius 2 is 1.00 bits per heavy atom. The third-order valence-corrected chi connectivity index (χ3v) is 6.70. The summed E-state index contributed by atoms with van der Waals surface area (Å²) in [7, 11) is 0. The Balaban J connectivity index is 1.32. The van der Waals surface area contributed by atoms with Crippen molar-refractivity contribution in [2.45, 2.75) is 0 Å². The summed E-state index contributed by atoms with van der Waals surface area (Å²) in [6.07, 6.45) is 0. The summed E-state index contributed by atoms with van der Waals surface area (Å²) in [5.74, 6) is 3.32. The maximum Gasteiger partial charge on any atom is 0.181 e. The van der Waals surface area contributed by atoms with Crippen LogP contribution in [0.4, 0.5) is 0 Å². The zero-order chi connectivity index (χ0) is 18.5. The molecule has 2 aliphatic heterocycles. The van der Waals surface area contributed by atoms with Gasteiger partial charge < -0.3 is 28.9 Å². The van der Waals surface area contributed by atoms with E-state index in [1.54, 1.807) is 22.7 Å². The van der Waals surface area contributed by atoms with Crippen LogP contribution in [-0.2, 0) is 0 Å². The predicted molar refractivity (Wildman–Crippen MR) is 109 cm³/mol. The number of thiophene rings is 2. The van der Waals surface area contributed by atoms with E-state index in [-0.39, 0.29) is 0 Å². The van der Waals surface area contributed by atoms with Gasteiger partial charge in [-0.15, -0.1) is 22.7 Å². The molecule has 0 saturated heterocycles. The van der Waals surface area contributed by atoms with Crippen LogP contribution in [0.1, 0.15) is 0 Å². The normalized spacial score (nSPS) is 15.0. The van der Waals surface area contributed by atoms with Gasteiger partial charge in [-0.25, -0.2) is 0 Å². The number of hydrogen-bond donors (Lipinski definition) is 2. The molecular formula is C20H16N2O4S2. The zero-order valence-electron chi connectivity index (χ0n) is 14.7. The quantitative estimate of drug-likeness (QED) is 0.496. The van der Waals surface area contributed by atoms with Crippen molar-refractivity contribution < 1.29 is 18.9 Å². The topological polar surface area (TPSA) is 68.5 Å². The Kier molecular flexibility index (Phi) is 3.66. The lowest BCUT2D eigenvalue weighted by atomic mass is 10.3. The predicted octanol–water partition coefficient (Wildman–Crippen LogP) is 5.01. The van der Waals surface area contributed by atoms with Gasteiger partial charge in [0.2, 0.25) is 0 Å². The molecular weight excluding hydrogens is 396 g/mol. The molecule has 6 nitrogen and oxygen atoms in total. The second-order valence-electron chi connectivity index (χ2n) is 6.48. The van der Waals surface area contributed by atoms with E-state index in [1.165, 1.54) is 0 Å². The first kappa shape index (κ1) is 16.1. The van der Waals surface area contributed by atoms with Crippen LogP contribution in [0.3, 0.4) is 0 Å². The Labute approximate surface area is 168 Å². The highest BCUT2D eigenvalue weighted by Gasteiger charge is 2.22. The molecule has 0 fully saturated rings. The molecule has 0 bridgehead atoms. The molecule has 0 atom stereocenters. The summed E-state index contributed by atoms with van der Waals surface area (Å²) < 4.78 is 22.9. The molecule has 142 valence electrons. The molecule has 2 aliphatic rings. The van der Waals surface area contributed by atoms with Crippen molar-refractivity contribution >= 4 is 22.7 Å². The van der Waals surface area contributed by atoms with Crippen LogP contribution in [0, 0.1) is 0 Å². The number of fused-ring (bicyclic) bond motifs is 2. The smallest absolute Gasteiger partial charge is 0.181 e. The highest BCUT2D eigenvalue weighted by atomic mass is 32.1. The second kappa shape index (κ2) is 6.35. The summed E-state index contributed by atoms with van der Waals surface area (Å²) in [6, 6.07) is 8.29. The minimum atomic E-state index is 0.585. The molecule has 4 aromatic rings. The van der Waals surface area contributed by atoms with E-state index in [0.29, 0.717) is 26.4 Å². The SMILES string of the molecule is c1cc(-c2scc3c2OCCO3)[nH]c1-c1ccc(-c2scc3c2OCCO3)[nH]1. The number of aromatic amines is 2. The van der Waals surface area contributed by atoms with Crippen LogP contribution in [0.15, 0.2) is 35.0 Å². The lowest BCUT2D eigenvalue weighted by molar-refractivity contribution is 0.174. The average Bonchev–Trinajstić information content (AvgIpc) is 3.51. The average molecular weight is 412 g/mol. The summed E-state index contributed by atoms with van der Waals surface area (Å²) in [5.41, 5.74) is 4.08. The highest BCUT2D eigenvalue weighted by molar-refractivity contribution is 7.14. The lowest BCUT2D eigenvalue weighted by Crippen LogP contribution is -2.14. The number of aromatic nitrogens is 2. The van der Waals surface area contributed by atoms with Crippen LogP contribution in [0.25, 0.3) is 32.5 Å². The molecule has 28 heavy (non-hydrogen) atoms. The van der Waals surface area contributed by atoms with E-state index in [9.17, 15) is 0 Å². The second-order valence-corrected chi connectivity index (χ2v) is 8.24. The van der Waals surface area contributed by atoms with Gasteiger partial charge in [-0.05, 0) is 24.3 Å². The maximum atomic E-state index is 5.80. The van der Waals surface area contributed by atoms with Gasteiger partial charge in [0.15, 0.2) is 23.0 Å². The Hall–Kier alpha value is -2.84. The fourth-order valence-corrected chi connectivity index (χ4v) is 5.29. The maximum absolute atomic E-state index is 5.80. The Morgan fingerprint density at radius 1 is 0.571 bits per heavy atom. The van der Waals surface area contributed by atoms with Crippen molar-refractivity contribution in [3.8, 4) is 55.5 Å². The van der Waals surface area contributed by atoms with Crippen molar-refractivity contribution in [1.29, 1.82) is 0 Å². The summed E-state index contributed by atoms with van der Waals surface area (Å²) >= 11 is 3.25. The fraction of sp³-hybridized carbons (Fsp3) is 0.200. The number of H-pyrrole nitrogens is 2. The number of nitrogens with one attached hydrogen (secondary N) is 2. The van der Waals surface area contributed by atoms with E-state index in [2.05, 4.69) is 34.2 Å². The minimum Gasteiger partial charge on any atom is -0.485 e. The van der Waals surface area contributed by atoms with Crippen LogP contribution < -0.4 is 18.9 Å². The zero-order valence-corrected chi connectivity index (χ0v) is 16.4. The molecule has 6 heterocycles. The molecule has 0 aliphatic carbocycles. The van der Waals surface area contributed by atoms with Crippen LogP contribution >= 0.6 is 22.7 Å². The van der Waals surface area contributed by atoms with E-state index in [0.717, 1.165) is 55.5 Å². The Bertz CT molecular complexity index is 1060. The van der Waals surface area contributed by atoms with E-state index in [4.69, 9.17) is 18.9 Å². The number of hydrogen-bond acceptors (Lipinski definition) is 6. The van der Waals surface area contributed by atoms with Crippen molar-refractivity contribution in [1.82, 2.24) is 9.97 Å². The molecule has 2 N–H and O–H groups in total. The monoisotopic (exact) mass is 412 g/mol. The molecule has 6 rings (SSSR count). The van der Waals surface area contributed by atoms with Crippen molar-refractivity contribution in [2.75, 3.05) is 26.4 Å². The van der Waals surface area contributed by atoms with Gasteiger partial charge in [0.05, 0.1) is 32.5 Å².